The first-order valence-electron chi connectivity index (χ1n) is 7.75. The Morgan fingerprint density at radius 3 is 2.57 bits per heavy atom. The van der Waals surface area contributed by atoms with Gasteiger partial charge in [-0.25, -0.2) is 0 Å². The van der Waals surface area contributed by atoms with Gasteiger partial charge in [-0.3, -0.25) is 9.48 Å². The molecule has 1 aromatic rings. The molecule has 1 fully saturated rings. The highest BCUT2D eigenvalue weighted by Gasteiger charge is 2.41. The van der Waals surface area contributed by atoms with Crippen molar-refractivity contribution in [3.8, 4) is 0 Å². The lowest BCUT2D eigenvalue weighted by atomic mass is 9.87. The second-order valence-corrected chi connectivity index (χ2v) is 6.06. The van der Waals surface area contributed by atoms with Gasteiger partial charge in [0.2, 0.25) is 5.91 Å². The van der Waals surface area contributed by atoms with Gasteiger partial charge in [-0.15, -0.1) is 24.8 Å². The number of hydrogen-bond acceptors (Lipinski definition) is 4. The molecule has 0 saturated carbocycles. The smallest absolute Gasteiger partial charge is 0.248 e. The van der Waals surface area contributed by atoms with E-state index in [-0.39, 0.29) is 30.7 Å². The Balaban J connectivity index is 0.00000242. The van der Waals surface area contributed by atoms with Gasteiger partial charge in [0.05, 0.1) is 0 Å². The molecule has 23 heavy (non-hydrogen) atoms. The summed E-state index contributed by atoms with van der Waals surface area (Å²) in [6, 6.07) is 2.37. The zero-order valence-corrected chi connectivity index (χ0v) is 15.8. The average molecular weight is 366 g/mol. The molecule has 2 rings (SSSR count). The molecule has 0 aliphatic carbocycles. The van der Waals surface area contributed by atoms with Crippen molar-refractivity contribution in [3.63, 3.8) is 0 Å². The molecule has 1 aromatic heterocycles. The predicted octanol–water partition coefficient (Wildman–Crippen LogP) is 1.26. The van der Waals surface area contributed by atoms with E-state index >= 15 is 0 Å². The highest BCUT2D eigenvalue weighted by molar-refractivity contribution is 5.85. The van der Waals surface area contributed by atoms with Crippen molar-refractivity contribution < 1.29 is 4.79 Å². The minimum atomic E-state index is -0.537. The maximum Gasteiger partial charge on any atom is 0.248 e. The van der Waals surface area contributed by atoms with Crippen molar-refractivity contribution in [2.45, 2.75) is 38.3 Å². The number of piperidine rings is 1. The van der Waals surface area contributed by atoms with Crippen LogP contribution in [0.3, 0.4) is 0 Å². The van der Waals surface area contributed by atoms with Gasteiger partial charge in [0.25, 0.3) is 0 Å². The van der Waals surface area contributed by atoms with Crippen LogP contribution in [-0.4, -0.2) is 59.9 Å². The normalized spacial score (nSPS) is 16.6. The summed E-state index contributed by atoms with van der Waals surface area (Å²) < 4.78 is 1.83. The van der Waals surface area contributed by atoms with Crippen LogP contribution in [0.4, 0.5) is 0 Å². The number of nitrogens with zero attached hydrogens (tertiary/aromatic N) is 3. The summed E-state index contributed by atoms with van der Waals surface area (Å²) in [5.41, 5.74) is -0.537. The molecule has 1 aliphatic heterocycles. The van der Waals surface area contributed by atoms with Crippen molar-refractivity contribution in [1.29, 1.82) is 0 Å². The van der Waals surface area contributed by atoms with Gasteiger partial charge in [0.1, 0.15) is 5.54 Å². The molecule has 2 N–H and O–H groups in total. The summed E-state index contributed by atoms with van der Waals surface area (Å²) in [4.78, 5) is 15.0. The van der Waals surface area contributed by atoms with Crippen molar-refractivity contribution in [2.24, 2.45) is 0 Å². The number of aromatic nitrogens is 2. The summed E-state index contributed by atoms with van der Waals surface area (Å²) in [6.07, 6.45) is 5.19. The van der Waals surface area contributed by atoms with E-state index in [9.17, 15) is 4.79 Å². The maximum atomic E-state index is 12.8. The summed E-state index contributed by atoms with van der Waals surface area (Å²) in [5, 5.41) is 10.7. The molecule has 8 heteroatoms. The molecule has 0 radical (unpaired) electrons. The van der Waals surface area contributed by atoms with Gasteiger partial charge in [0, 0.05) is 31.5 Å². The lowest BCUT2D eigenvalue weighted by Gasteiger charge is -2.36. The van der Waals surface area contributed by atoms with E-state index in [4.69, 9.17) is 0 Å². The van der Waals surface area contributed by atoms with Gasteiger partial charge in [-0.05, 0) is 52.9 Å². The largest absolute Gasteiger partial charge is 0.353 e. The Morgan fingerprint density at radius 1 is 1.39 bits per heavy atom. The molecule has 1 amide bonds. The molecule has 6 nitrogen and oxygen atoms in total. The molecule has 1 saturated heterocycles. The first-order valence-corrected chi connectivity index (χ1v) is 7.75. The minimum absolute atomic E-state index is 0. The zero-order chi connectivity index (χ0) is 15.3. The highest BCUT2D eigenvalue weighted by atomic mass is 35.5. The van der Waals surface area contributed by atoms with Crippen LogP contribution in [0.2, 0.25) is 0 Å². The second-order valence-electron chi connectivity index (χ2n) is 6.06. The van der Waals surface area contributed by atoms with Crippen LogP contribution in [0, 0.1) is 0 Å². The minimum Gasteiger partial charge on any atom is -0.353 e. The number of nitrogens with one attached hydrogen (secondary N) is 2. The molecular weight excluding hydrogens is 337 g/mol. The fourth-order valence-corrected chi connectivity index (χ4v) is 2.69. The van der Waals surface area contributed by atoms with Crippen molar-refractivity contribution in [1.82, 2.24) is 25.3 Å². The summed E-state index contributed by atoms with van der Waals surface area (Å²) in [7, 11) is 2.07. The van der Waals surface area contributed by atoms with Crippen molar-refractivity contribution in [3.05, 3.63) is 18.5 Å². The summed E-state index contributed by atoms with van der Waals surface area (Å²) in [6.45, 7) is 7.53. The Bertz CT molecular complexity index is 447. The number of carbonyl (C=O) groups excluding carboxylic acids is 1. The molecule has 0 aromatic carbocycles. The highest BCUT2D eigenvalue weighted by Crippen LogP contribution is 2.26. The Morgan fingerprint density at radius 2 is 2.04 bits per heavy atom. The SMILES string of the molecule is CC(C)N(C)CCNC(=O)C1(n2cccn2)CCNCC1.Cl.Cl. The Kier molecular flexibility index (Phi) is 9.77. The monoisotopic (exact) mass is 365 g/mol. The standard InChI is InChI=1S/C15H27N5O.2ClH/c1-13(2)19(3)12-10-17-14(21)15(5-8-16-9-6-15)20-11-4-7-18-20;;/h4,7,11,13,16H,5-6,8-10,12H2,1-3H3,(H,17,21);2*1H. The maximum absolute atomic E-state index is 12.8. The van der Waals surface area contributed by atoms with Crippen molar-refractivity contribution >= 4 is 30.7 Å². The number of rotatable bonds is 6. The Labute approximate surface area is 151 Å². The Hall–Kier alpha value is -0.820. The van der Waals surface area contributed by atoms with E-state index in [1.54, 1.807) is 6.20 Å². The lowest BCUT2D eigenvalue weighted by Crippen LogP contribution is -2.55. The van der Waals surface area contributed by atoms with Gasteiger partial charge in [-0.2, -0.15) is 5.10 Å². The lowest BCUT2D eigenvalue weighted by molar-refractivity contribution is -0.132. The van der Waals surface area contributed by atoms with Gasteiger partial charge < -0.3 is 15.5 Å². The summed E-state index contributed by atoms with van der Waals surface area (Å²) in [5.74, 6) is 0.0878. The molecule has 134 valence electrons. The van der Waals surface area contributed by atoms with Gasteiger partial charge in [0.15, 0.2) is 0 Å². The van der Waals surface area contributed by atoms with E-state index in [1.807, 2.05) is 16.9 Å². The second kappa shape index (κ2) is 10.1. The number of likely N-dealkylation sites (N-methyl/N-ethyl adjacent to an activating group) is 1. The van der Waals surface area contributed by atoms with Gasteiger partial charge >= 0.3 is 0 Å². The number of halogens is 2. The number of amides is 1. The average Bonchev–Trinajstić information content (AvgIpc) is 3.02. The predicted molar refractivity (Wildman–Crippen MR) is 97.6 cm³/mol. The third-order valence-electron chi connectivity index (χ3n) is 4.43. The van der Waals surface area contributed by atoms with Gasteiger partial charge in [-0.1, -0.05) is 0 Å². The molecular formula is C15H29Cl2N5O. The zero-order valence-electron chi connectivity index (χ0n) is 14.1. The first-order chi connectivity index (χ1) is 10.1. The van der Waals surface area contributed by atoms with Crippen LogP contribution >= 0.6 is 24.8 Å². The topological polar surface area (TPSA) is 62.2 Å². The van der Waals surface area contributed by atoms with Crippen LogP contribution in [0.1, 0.15) is 26.7 Å². The number of hydrogen-bond donors (Lipinski definition) is 2. The third kappa shape index (κ3) is 5.35. The fourth-order valence-electron chi connectivity index (χ4n) is 2.69. The third-order valence-corrected chi connectivity index (χ3v) is 4.43. The van der Waals surface area contributed by atoms with Crippen LogP contribution in [0.15, 0.2) is 18.5 Å². The van der Waals surface area contributed by atoms with E-state index in [1.165, 1.54) is 0 Å². The van der Waals surface area contributed by atoms with Crippen LogP contribution in [0.25, 0.3) is 0 Å². The van der Waals surface area contributed by atoms with Crippen LogP contribution in [0.5, 0.6) is 0 Å². The van der Waals surface area contributed by atoms with Crippen LogP contribution in [-0.2, 0) is 10.3 Å². The fraction of sp³-hybridized carbons (Fsp3) is 0.733. The molecule has 0 bridgehead atoms. The summed E-state index contributed by atoms with van der Waals surface area (Å²) >= 11 is 0. The molecule has 0 unspecified atom stereocenters. The molecule has 2 heterocycles. The van der Waals surface area contributed by atoms with E-state index in [0.29, 0.717) is 12.6 Å². The number of carbonyl (C=O) groups is 1. The molecule has 1 aliphatic rings. The van der Waals surface area contributed by atoms with Crippen LogP contribution < -0.4 is 10.6 Å². The first kappa shape index (κ1) is 22.2. The molecule has 0 spiro atoms. The van der Waals surface area contributed by atoms with Crippen molar-refractivity contribution in [2.75, 3.05) is 33.2 Å². The molecule has 0 atom stereocenters. The quantitative estimate of drug-likeness (QED) is 0.796. The van der Waals surface area contributed by atoms with E-state index < -0.39 is 5.54 Å². The van der Waals surface area contributed by atoms with E-state index in [2.05, 4.69) is 41.5 Å². The van der Waals surface area contributed by atoms with E-state index in [0.717, 1.165) is 32.5 Å².